The molecule has 38 heavy (non-hydrogen) atoms. The summed E-state index contributed by atoms with van der Waals surface area (Å²) in [6.07, 6.45) is -1.14. The molecular formula is C28H23NO9. The van der Waals surface area contributed by atoms with E-state index in [4.69, 9.17) is 18.9 Å². The van der Waals surface area contributed by atoms with Gasteiger partial charge in [0.15, 0.2) is 17.7 Å². The van der Waals surface area contributed by atoms with Gasteiger partial charge >= 0.3 is 5.97 Å². The minimum Gasteiger partial charge on any atom is -0.496 e. The molecule has 10 heteroatoms. The highest BCUT2D eigenvalue weighted by molar-refractivity contribution is 6.25. The molecule has 0 saturated heterocycles. The second-order valence-corrected chi connectivity index (χ2v) is 9.00. The van der Waals surface area contributed by atoms with E-state index in [1.165, 1.54) is 38.5 Å². The number of esters is 1. The molecule has 5 rings (SSSR count). The van der Waals surface area contributed by atoms with E-state index in [2.05, 4.69) is 0 Å². The lowest BCUT2D eigenvalue weighted by Gasteiger charge is -2.34. The standard InChI is InChI=1S/C28H23NO9/c1-14-25-21(12-24(38-14)28(32)37-13-15-4-6-16(7-5-15)29(33)34)26(30)19-10-17-18(11-20(19)27(25)31)23(36-3)9-8-22(17)35-2/h4-11,21,24H,12-13H2,1-3H3. The molecule has 0 spiro atoms. The average Bonchev–Trinajstić information content (AvgIpc) is 2.92. The van der Waals surface area contributed by atoms with Gasteiger partial charge in [-0.25, -0.2) is 4.79 Å². The van der Waals surface area contributed by atoms with Gasteiger partial charge in [-0.2, -0.15) is 0 Å². The number of allylic oxidation sites excluding steroid dienone is 2. The molecule has 2 atom stereocenters. The molecule has 0 amide bonds. The number of carbonyl (C=O) groups is 3. The van der Waals surface area contributed by atoms with Gasteiger partial charge < -0.3 is 18.9 Å². The number of ether oxygens (including phenoxy) is 4. The average molecular weight is 517 g/mol. The van der Waals surface area contributed by atoms with Crippen molar-refractivity contribution in [2.75, 3.05) is 14.2 Å². The first-order valence-corrected chi connectivity index (χ1v) is 11.8. The van der Waals surface area contributed by atoms with E-state index >= 15 is 0 Å². The SMILES string of the molecule is COc1ccc(OC)c2cc3c(cc12)C(=O)C1=C(C)OC(C(=O)OCc2ccc([N+](=O)[O-])cc2)CC1C3=O. The normalized spacial score (nSPS) is 18.4. The molecule has 10 nitrogen and oxygen atoms in total. The van der Waals surface area contributed by atoms with E-state index in [9.17, 15) is 24.5 Å². The zero-order chi connectivity index (χ0) is 27.1. The van der Waals surface area contributed by atoms with Crippen LogP contribution in [0.25, 0.3) is 10.8 Å². The van der Waals surface area contributed by atoms with Crippen LogP contribution < -0.4 is 9.47 Å². The zero-order valence-corrected chi connectivity index (χ0v) is 20.8. The first-order valence-electron chi connectivity index (χ1n) is 11.8. The number of non-ortho nitro benzene ring substituents is 1. The van der Waals surface area contributed by atoms with E-state index < -0.39 is 22.9 Å². The molecule has 1 heterocycles. The third kappa shape index (κ3) is 4.13. The third-order valence-corrected chi connectivity index (χ3v) is 6.87. The van der Waals surface area contributed by atoms with Gasteiger partial charge in [-0.1, -0.05) is 0 Å². The van der Waals surface area contributed by atoms with E-state index in [0.717, 1.165) is 0 Å². The van der Waals surface area contributed by atoms with E-state index in [1.807, 2.05) is 0 Å². The molecule has 0 bridgehead atoms. The van der Waals surface area contributed by atoms with Crippen molar-refractivity contribution < 1.29 is 38.3 Å². The van der Waals surface area contributed by atoms with Crippen LogP contribution in [0.15, 0.2) is 59.9 Å². The van der Waals surface area contributed by atoms with Crippen LogP contribution in [0.3, 0.4) is 0 Å². The van der Waals surface area contributed by atoms with Crippen molar-refractivity contribution in [2.24, 2.45) is 5.92 Å². The number of nitro benzene ring substituents is 1. The molecule has 1 aliphatic heterocycles. The molecule has 1 aliphatic carbocycles. The number of rotatable bonds is 6. The fraction of sp³-hybridized carbons (Fsp3) is 0.250. The maximum atomic E-state index is 13.7. The van der Waals surface area contributed by atoms with Crippen molar-refractivity contribution in [1.82, 2.24) is 0 Å². The number of methoxy groups -OCH3 is 2. The Morgan fingerprint density at radius 3 is 2.18 bits per heavy atom. The van der Waals surface area contributed by atoms with Gasteiger partial charge in [0.1, 0.15) is 23.9 Å². The van der Waals surface area contributed by atoms with Crippen molar-refractivity contribution in [3.63, 3.8) is 0 Å². The lowest BCUT2D eigenvalue weighted by atomic mass is 9.73. The Labute approximate surface area is 216 Å². The highest BCUT2D eigenvalue weighted by atomic mass is 16.6. The molecule has 0 saturated carbocycles. The molecule has 3 aromatic rings. The van der Waals surface area contributed by atoms with Crippen molar-refractivity contribution in [3.05, 3.63) is 86.7 Å². The topological polar surface area (TPSA) is 131 Å². The van der Waals surface area contributed by atoms with Crippen LogP contribution >= 0.6 is 0 Å². The fourth-order valence-electron chi connectivity index (χ4n) is 4.98. The molecule has 0 fully saturated rings. The Hall–Kier alpha value is -4.73. The number of hydrogen-bond acceptors (Lipinski definition) is 9. The predicted molar refractivity (Wildman–Crippen MR) is 134 cm³/mol. The second kappa shape index (κ2) is 9.62. The van der Waals surface area contributed by atoms with Crippen LogP contribution in [-0.4, -0.2) is 42.8 Å². The smallest absolute Gasteiger partial charge is 0.347 e. The number of benzene rings is 3. The van der Waals surface area contributed by atoms with Crippen LogP contribution in [0.5, 0.6) is 11.5 Å². The van der Waals surface area contributed by atoms with Crippen molar-refractivity contribution in [3.8, 4) is 11.5 Å². The number of ketones is 2. The van der Waals surface area contributed by atoms with Gasteiger partial charge in [0, 0.05) is 46.0 Å². The highest BCUT2D eigenvalue weighted by Gasteiger charge is 2.45. The summed E-state index contributed by atoms with van der Waals surface area (Å²) in [7, 11) is 3.04. The Morgan fingerprint density at radius 2 is 1.61 bits per heavy atom. The summed E-state index contributed by atoms with van der Waals surface area (Å²) in [5.74, 6) is -0.940. The van der Waals surface area contributed by atoms with E-state index in [0.29, 0.717) is 27.8 Å². The first-order chi connectivity index (χ1) is 18.2. The summed E-state index contributed by atoms with van der Waals surface area (Å²) in [5.41, 5.74) is 1.19. The summed E-state index contributed by atoms with van der Waals surface area (Å²) in [5, 5.41) is 12.1. The quantitative estimate of drug-likeness (QED) is 0.262. The summed E-state index contributed by atoms with van der Waals surface area (Å²) in [4.78, 5) is 50.3. The van der Waals surface area contributed by atoms with Crippen LogP contribution in [0.4, 0.5) is 5.69 Å². The summed E-state index contributed by atoms with van der Waals surface area (Å²) in [6.45, 7) is 1.43. The van der Waals surface area contributed by atoms with Gasteiger partial charge in [0.05, 0.1) is 25.1 Å². The van der Waals surface area contributed by atoms with Crippen molar-refractivity contribution in [2.45, 2.75) is 26.1 Å². The first kappa shape index (κ1) is 24.9. The zero-order valence-electron chi connectivity index (χ0n) is 20.8. The third-order valence-electron chi connectivity index (χ3n) is 6.87. The largest absolute Gasteiger partial charge is 0.496 e. The maximum absolute atomic E-state index is 13.7. The summed E-state index contributed by atoms with van der Waals surface area (Å²) >= 11 is 0. The molecule has 0 aromatic heterocycles. The van der Waals surface area contributed by atoms with Gasteiger partial charge in [-0.05, 0) is 48.9 Å². The number of carbonyl (C=O) groups excluding carboxylic acids is 3. The Kier molecular flexibility index (Phi) is 6.31. The van der Waals surface area contributed by atoms with Gasteiger partial charge in [-0.3, -0.25) is 19.7 Å². The minimum atomic E-state index is -1.09. The lowest BCUT2D eigenvalue weighted by molar-refractivity contribution is -0.384. The van der Waals surface area contributed by atoms with Crippen LogP contribution in [0, 0.1) is 16.0 Å². The molecule has 2 unspecified atom stereocenters. The van der Waals surface area contributed by atoms with Gasteiger partial charge in [0.25, 0.3) is 5.69 Å². The Balaban J connectivity index is 1.42. The van der Waals surface area contributed by atoms with E-state index in [-0.39, 0.29) is 52.7 Å². The number of nitrogens with zero attached hydrogens (tertiary/aromatic N) is 1. The monoisotopic (exact) mass is 517 g/mol. The molecule has 0 N–H and O–H groups in total. The maximum Gasteiger partial charge on any atom is 0.347 e. The van der Waals surface area contributed by atoms with Crippen molar-refractivity contribution >= 4 is 34.0 Å². The minimum absolute atomic E-state index is 0.0525. The highest BCUT2D eigenvalue weighted by Crippen LogP contribution is 2.43. The lowest BCUT2D eigenvalue weighted by Crippen LogP contribution is -2.40. The van der Waals surface area contributed by atoms with Crippen LogP contribution in [-0.2, 0) is 20.9 Å². The summed E-state index contributed by atoms with van der Waals surface area (Å²) in [6, 6.07) is 12.3. The van der Waals surface area contributed by atoms with Gasteiger partial charge in [0.2, 0.25) is 0 Å². The Bertz CT molecular complexity index is 1540. The fourth-order valence-corrected chi connectivity index (χ4v) is 4.98. The molecule has 0 radical (unpaired) electrons. The van der Waals surface area contributed by atoms with E-state index in [1.54, 1.807) is 31.2 Å². The second-order valence-electron chi connectivity index (χ2n) is 9.00. The molecule has 3 aromatic carbocycles. The van der Waals surface area contributed by atoms with Crippen LogP contribution in [0.2, 0.25) is 0 Å². The molecular weight excluding hydrogens is 494 g/mol. The number of hydrogen-bond donors (Lipinski definition) is 0. The van der Waals surface area contributed by atoms with Crippen LogP contribution in [0.1, 0.15) is 39.6 Å². The number of nitro groups is 1. The molecule has 194 valence electrons. The number of fused-ring (bicyclic) bond motifs is 3. The van der Waals surface area contributed by atoms with Gasteiger partial charge in [-0.15, -0.1) is 0 Å². The number of Topliss-reactive ketones (excluding diaryl/α,β-unsaturated/α-hetero) is 2. The molecule has 2 aliphatic rings. The Morgan fingerprint density at radius 1 is 1.00 bits per heavy atom. The summed E-state index contributed by atoms with van der Waals surface area (Å²) < 4.78 is 22.0. The van der Waals surface area contributed by atoms with Crippen molar-refractivity contribution in [1.29, 1.82) is 0 Å². The predicted octanol–water partition coefficient (Wildman–Crippen LogP) is 4.57.